The van der Waals surface area contributed by atoms with E-state index in [0.717, 1.165) is 16.9 Å². The monoisotopic (exact) mass is 272 g/mol. The Morgan fingerprint density at radius 3 is 2.60 bits per heavy atom. The molecule has 0 aliphatic carbocycles. The van der Waals surface area contributed by atoms with Gasteiger partial charge >= 0.3 is 5.97 Å². The third-order valence-electron chi connectivity index (χ3n) is 2.91. The Kier molecular flexibility index (Phi) is 4.25. The van der Waals surface area contributed by atoms with Crippen molar-refractivity contribution >= 4 is 5.97 Å². The highest BCUT2D eigenvalue weighted by Crippen LogP contribution is 2.31. The van der Waals surface area contributed by atoms with Gasteiger partial charge < -0.3 is 14.6 Å². The summed E-state index contributed by atoms with van der Waals surface area (Å²) in [7, 11) is 1.62. The van der Waals surface area contributed by atoms with Crippen LogP contribution >= 0.6 is 0 Å². The fourth-order valence-electron chi connectivity index (χ4n) is 1.87. The van der Waals surface area contributed by atoms with Crippen LogP contribution in [0.15, 0.2) is 48.5 Å². The lowest BCUT2D eigenvalue weighted by atomic mass is 10.0. The fourth-order valence-corrected chi connectivity index (χ4v) is 1.87. The average Bonchev–Trinajstić information content (AvgIpc) is 2.47. The lowest BCUT2D eigenvalue weighted by Crippen LogP contribution is -2.22. The highest BCUT2D eigenvalue weighted by Gasteiger charge is 2.13. The van der Waals surface area contributed by atoms with E-state index in [4.69, 9.17) is 14.6 Å². The van der Waals surface area contributed by atoms with E-state index in [1.165, 1.54) is 6.92 Å². The van der Waals surface area contributed by atoms with Gasteiger partial charge in [-0.3, -0.25) is 0 Å². The molecule has 20 heavy (non-hydrogen) atoms. The molecule has 0 aromatic heterocycles. The van der Waals surface area contributed by atoms with Crippen molar-refractivity contribution in [3.05, 3.63) is 48.5 Å². The van der Waals surface area contributed by atoms with Gasteiger partial charge in [-0.15, -0.1) is 0 Å². The first-order valence-electron chi connectivity index (χ1n) is 6.24. The van der Waals surface area contributed by atoms with Gasteiger partial charge in [0.05, 0.1) is 7.11 Å². The van der Waals surface area contributed by atoms with Crippen LogP contribution in [0.1, 0.15) is 6.92 Å². The van der Waals surface area contributed by atoms with E-state index in [1.807, 2.05) is 36.4 Å². The molecule has 0 saturated carbocycles. The average molecular weight is 272 g/mol. The molecule has 0 saturated heterocycles. The van der Waals surface area contributed by atoms with E-state index >= 15 is 0 Å². The maximum absolute atomic E-state index is 10.8. The zero-order valence-electron chi connectivity index (χ0n) is 11.4. The molecule has 4 heteroatoms. The quantitative estimate of drug-likeness (QED) is 0.908. The second kappa shape index (κ2) is 6.10. The summed E-state index contributed by atoms with van der Waals surface area (Å²) in [6.07, 6.45) is -0.886. The Labute approximate surface area is 117 Å². The van der Waals surface area contributed by atoms with Crippen LogP contribution in [-0.4, -0.2) is 24.3 Å². The van der Waals surface area contributed by atoms with Gasteiger partial charge in [-0.1, -0.05) is 30.3 Å². The van der Waals surface area contributed by atoms with Gasteiger partial charge in [0.15, 0.2) is 6.10 Å². The lowest BCUT2D eigenvalue weighted by molar-refractivity contribution is -0.144. The number of methoxy groups -OCH3 is 1. The molecule has 0 heterocycles. The smallest absolute Gasteiger partial charge is 0.344 e. The van der Waals surface area contributed by atoms with Gasteiger partial charge in [-0.25, -0.2) is 4.79 Å². The number of carbonyl (C=O) groups is 1. The Balaban J connectivity index is 2.32. The summed E-state index contributed by atoms with van der Waals surface area (Å²) in [6.45, 7) is 1.50. The van der Waals surface area contributed by atoms with Crippen LogP contribution in [0.4, 0.5) is 0 Å². The van der Waals surface area contributed by atoms with Crippen molar-refractivity contribution in [3.8, 4) is 22.6 Å². The van der Waals surface area contributed by atoms with Gasteiger partial charge in [-0.2, -0.15) is 0 Å². The van der Waals surface area contributed by atoms with Crippen molar-refractivity contribution in [2.24, 2.45) is 0 Å². The summed E-state index contributed by atoms with van der Waals surface area (Å²) in [5, 5.41) is 8.87. The van der Waals surface area contributed by atoms with Crippen LogP contribution < -0.4 is 9.47 Å². The van der Waals surface area contributed by atoms with Gasteiger partial charge in [0.25, 0.3) is 0 Å². The molecular weight excluding hydrogens is 256 g/mol. The minimum Gasteiger partial charge on any atom is -0.496 e. The van der Waals surface area contributed by atoms with Crippen LogP contribution in [0.25, 0.3) is 11.1 Å². The number of para-hydroxylation sites is 1. The predicted octanol–water partition coefficient (Wildman–Crippen LogP) is 3.21. The zero-order valence-corrected chi connectivity index (χ0v) is 11.4. The van der Waals surface area contributed by atoms with E-state index < -0.39 is 12.1 Å². The van der Waals surface area contributed by atoms with Crippen LogP contribution in [0.3, 0.4) is 0 Å². The summed E-state index contributed by atoms with van der Waals surface area (Å²) in [6, 6.07) is 14.9. The van der Waals surface area contributed by atoms with Gasteiger partial charge in [-0.05, 0) is 30.7 Å². The summed E-state index contributed by atoms with van der Waals surface area (Å²) in [4.78, 5) is 10.8. The molecule has 0 aliphatic heterocycles. The van der Waals surface area contributed by atoms with Crippen LogP contribution in [0.5, 0.6) is 11.5 Å². The number of hydrogen-bond donors (Lipinski definition) is 1. The lowest BCUT2D eigenvalue weighted by Gasteiger charge is -2.13. The first kappa shape index (κ1) is 13.9. The highest BCUT2D eigenvalue weighted by atomic mass is 16.5. The van der Waals surface area contributed by atoms with Crippen molar-refractivity contribution in [2.75, 3.05) is 7.11 Å². The Bertz CT molecular complexity index is 607. The van der Waals surface area contributed by atoms with Crippen molar-refractivity contribution in [1.29, 1.82) is 0 Å². The van der Waals surface area contributed by atoms with Crippen molar-refractivity contribution < 1.29 is 19.4 Å². The molecule has 0 bridgehead atoms. The van der Waals surface area contributed by atoms with E-state index in [0.29, 0.717) is 5.75 Å². The van der Waals surface area contributed by atoms with Gasteiger partial charge in [0.1, 0.15) is 11.5 Å². The maximum Gasteiger partial charge on any atom is 0.344 e. The Hall–Kier alpha value is -2.49. The van der Waals surface area contributed by atoms with E-state index in [9.17, 15) is 4.79 Å². The number of carboxylic acid groups (broad SMARTS) is 1. The Morgan fingerprint density at radius 1 is 1.15 bits per heavy atom. The molecule has 2 aromatic rings. The SMILES string of the molecule is COc1ccccc1-c1cccc(OC(C)C(=O)O)c1. The predicted molar refractivity (Wildman–Crippen MR) is 76.2 cm³/mol. The fraction of sp³-hybridized carbons (Fsp3) is 0.188. The molecule has 1 unspecified atom stereocenters. The van der Waals surface area contributed by atoms with Crippen molar-refractivity contribution in [3.63, 3.8) is 0 Å². The number of hydrogen-bond acceptors (Lipinski definition) is 3. The van der Waals surface area contributed by atoms with Crippen molar-refractivity contribution in [2.45, 2.75) is 13.0 Å². The van der Waals surface area contributed by atoms with E-state index in [1.54, 1.807) is 19.2 Å². The molecule has 0 amide bonds. The number of benzene rings is 2. The molecule has 1 N–H and O–H groups in total. The van der Waals surface area contributed by atoms with E-state index in [-0.39, 0.29) is 0 Å². The molecule has 4 nitrogen and oxygen atoms in total. The molecule has 0 fully saturated rings. The molecule has 2 rings (SSSR count). The molecule has 104 valence electrons. The minimum absolute atomic E-state index is 0.517. The topological polar surface area (TPSA) is 55.8 Å². The number of aliphatic carboxylic acids is 1. The molecule has 2 aromatic carbocycles. The second-order valence-electron chi connectivity index (χ2n) is 4.33. The largest absolute Gasteiger partial charge is 0.496 e. The van der Waals surface area contributed by atoms with Crippen LogP contribution in [0.2, 0.25) is 0 Å². The van der Waals surface area contributed by atoms with Gasteiger partial charge in [0, 0.05) is 5.56 Å². The first-order valence-corrected chi connectivity index (χ1v) is 6.24. The van der Waals surface area contributed by atoms with Gasteiger partial charge in [0.2, 0.25) is 0 Å². The second-order valence-corrected chi connectivity index (χ2v) is 4.33. The molecule has 0 radical (unpaired) electrons. The third-order valence-corrected chi connectivity index (χ3v) is 2.91. The van der Waals surface area contributed by atoms with Crippen molar-refractivity contribution in [1.82, 2.24) is 0 Å². The molecule has 0 aliphatic rings. The van der Waals surface area contributed by atoms with Crippen LogP contribution in [-0.2, 0) is 4.79 Å². The Morgan fingerprint density at radius 2 is 1.90 bits per heavy atom. The first-order chi connectivity index (χ1) is 9.61. The number of ether oxygens (including phenoxy) is 2. The maximum atomic E-state index is 10.8. The minimum atomic E-state index is -0.993. The molecule has 0 spiro atoms. The summed E-state index contributed by atoms with van der Waals surface area (Å²) in [5.74, 6) is 0.284. The molecule has 1 atom stereocenters. The van der Waals surface area contributed by atoms with E-state index in [2.05, 4.69) is 0 Å². The number of rotatable bonds is 5. The summed E-state index contributed by atoms with van der Waals surface area (Å²) in [5.41, 5.74) is 1.85. The molecular formula is C16H16O4. The number of carboxylic acids is 1. The zero-order chi connectivity index (χ0) is 14.5. The highest BCUT2D eigenvalue weighted by molar-refractivity contribution is 5.73. The summed E-state index contributed by atoms with van der Waals surface area (Å²) >= 11 is 0. The summed E-state index contributed by atoms with van der Waals surface area (Å²) < 4.78 is 10.7. The third kappa shape index (κ3) is 3.09. The normalized spacial score (nSPS) is 11.7. The van der Waals surface area contributed by atoms with Crippen LogP contribution in [0, 0.1) is 0 Å². The standard InChI is InChI=1S/C16H16O4/c1-11(16(17)18)20-13-7-5-6-12(10-13)14-8-3-4-9-15(14)19-2/h3-11H,1-2H3,(H,17,18).